The van der Waals surface area contributed by atoms with Crippen LogP contribution >= 0.6 is 11.8 Å². The fourth-order valence-corrected chi connectivity index (χ4v) is 3.55. The van der Waals surface area contributed by atoms with Crippen molar-refractivity contribution in [3.8, 4) is 0 Å². The van der Waals surface area contributed by atoms with Crippen molar-refractivity contribution in [1.82, 2.24) is 14.5 Å². The maximum atomic E-state index is 10.8. The Hall–Kier alpha value is -1.01. The molecule has 0 saturated carbocycles. The number of carboxylic acids is 1. The van der Waals surface area contributed by atoms with Crippen LogP contribution in [0, 0.1) is 0 Å². The summed E-state index contributed by atoms with van der Waals surface area (Å²) < 4.78 is 2.27. The van der Waals surface area contributed by atoms with Gasteiger partial charge in [-0.15, -0.1) is 0 Å². The number of likely N-dealkylation sites (tertiary alicyclic amines) is 1. The molecular weight excluding hydrogens is 274 g/mol. The maximum Gasteiger partial charge on any atom is 0.313 e. The van der Waals surface area contributed by atoms with E-state index in [1.807, 2.05) is 6.20 Å². The Kier molecular flexibility index (Phi) is 5.10. The Bertz CT molecular complexity index is 475. The lowest BCUT2D eigenvalue weighted by Gasteiger charge is -2.36. The molecule has 2 rings (SSSR count). The summed E-state index contributed by atoms with van der Waals surface area (Å²) in [5, 5.41) is 9.71. The van der Waals surface area contributed by atoms with Gasteiger partial charge in [0, 0.05) is 30.5 Å². The van der Waals surface area contributed by atoms with Crippen molar-refractivity contribution < 1.29 is 9.90 Å². The van der Waals surface area contributed by atoms with Crippen molar-refractivity contribution in [3.05, 3.63) is 11.9 Å². The van der Waals surface area contributed by atoms with Crippen LogP contribution in [0.5, 0.6) is 0 Å². The van der Waals surface area contributed by atoms with Gasteiger partial charge in [0.2, 0.25) is 0 Å². The third-order valence-corrected chi connectivity index (χ3v) is 5.02. The highest BCUT2D eigenvalue weighted by atomic mass is 32.2. The van der Waals surface area contributed by atoms with Gasteiger partial charge in [-0.1, -0.05) is 18.7 Å². The van der Waals surface area contributed by atoms with Gasteiger partial charge < -0.3 is 14.6 Å². The quantitative estimate of drug-likeness (QED) is 0.845. The van der Waals surface area contributed by atoms with E-state index in [1.165, 1.54) is 17.5 Å². The fourth-order valence-electron chi connectivity index (χ4n) is 2.76. The van der Waals surface area contributed by atoms with E-state index >= 15 is 0 Å². The SMILES string of the molecule is CCc1cnc(SCC(=O)O)n1C1CCN(C)C(C)C1. The molecule has 2 heterocycles. The van der Waals surface area contributed by atoms with E-state index in [1.54, 1.807) is 0 Å². The summed E-state index contributed by atoms with van der Waals surface area (Å²) >= 11 is 1.33. The number of imidazole rings is 1. The number of aromatic nitrogens is 2. The Labute approximate surface area is 124 Å². The number of piperidine rings is 1. The van der Waals surface area contributed by atoms with Crippen molar-refractivity contribution in [2.75, 3.05) is 19.3 Å². The average molecular weight is 297 g/mol. The van der Waals surface area contributed by atoms with Crippen LogP contribution in [0.4, 0.5) is 0 Å². The van der Waals surface area contributed by atoms with E-state index in [-0.39, 0.29) is 5.75 Å². The number of hydrogen-bond acceptors (Lipinski definition) is 4. The third kappa shape index (κ3) is 3.35. The molecule has 20 heavy (non-hydrogen) atoms. The number of aryl methyl sites for hydroxylation is 1. The summed E-state index contributed by atoms with van der Waals surface area (Å²) in [5.74, 6) is -0.721. The summed E-state index contributed by atoms with van der Waals surface area (Å²) in [6.45, 7) is 5.45. The summed E-state index contributed by atoms with van der Waals surface area (Å²) in [7, 11) is 2.16. The van der Waals surface area contributed by atoms with E-state index < -0.39 is 5.97 Å². The second-order valence-electron chi connectivity index (χ2n) is 5.45. The fraction of sp³-hybridized carbons (Fsp3) is 0.714. The van der Waals surface area contributed by atoms with Crippen LogP contribution in [0.15, 0.2) is 11.4 Å². The first-order chi connectivity index (χ1) is 9.52. The van der Waals surface area contributed by atoms with Gasteiger partial charge in [-0.25, -0.2) is 4.98 Å². The van der Waals surface area contributed by atoms with Crippen LogP contribution < -0.4 is 0 Å². The van der Waals surface area contributed by atoms with Gasteiger partial charge >= 0.3 is 5.97 Å². The number of rotatable bonds is 5. The topological polar surface area (TPSA) is 58.4 Å². The maximum absolute atomic E-state index is 10.8. The highest BCUT2D eigenvalue weighted by molar-refractivity contribution is 7.99. The Morgan fingerprint density at radius 3 is 2.95 bits per heavy atom. The largest absolute Gasteiger partial charge is 0.481 e. The van der Waals surface area contributed by atoms with Gasteiger partial charge in [-0.2, -0.15) is 0 Å². The summed E-state index contributed by atoms with van der Waals surface area (Å²) in [6.07, 6.45) is 5.03. The zero-order valence-corrected chi connectivity index (χ0v) is 13.2. The Balaban J connectivity index is 2.19. The molecule has 1 aliphatic rings. The van der Waals surface area contributed by atoms with E-state index in [2.05, 4.69) is 35.3 Å². The summed E-state index contributed by atoms with van der Waals surface area (Å²) in [6, 6.07) is 0.994. The molecule has 0 bridgehead atoms. The van der Waals surface area contributed by atoms with Gasteiger partial charge in [0.15, 0.2) is 5.16 Å². The number of aliphatic carboxylic acids is 1. The van der Waals surface area contributed by atoms with Crippen LogP contribution in [0.25, 0.3) is 0 Å². The Morgan fingerprint density at radius 2 is 2.35 bits per heavy atom. The van der Waals surface area contributed by atoms with E-state index in [4.69, 9.17) is 5.11 Å². The second-order valence-corrected chi connectivity index (χ2v) is 6.39. The van der Waals surface area contributed by atoms with Crippen LogP contribution in [0.2, 0.25) is 0 Å². The third-order valence-electron chi connectivity index (χ3n) is 4.07. The van der Waals surface area contributed by atoms with Crippen molar-refractivity contribution in [1.29, 1.82) is 0 Å². The molecular formula is C14H23N3O2S. The number of carboxylic acid groups (broad SMARTS) is 1. The lowest BCUT2D eigenvalue weighted by Crippen LogP contribution is -2.38. The number of thioether (sulfide) groups is 1. The zero-order valence-electron chi connectivity index (χ0n) is 12.4. The average Bonchev–Trinajstić information content (AvgIpc) is 2.82. The molecule has 2 atom stereocenters. The molecule has 1 aromatic heterocycles. The van der Waals surface area contributed by atoms with E-state index in [0.717, 1.165) is 31.0 Å². The second kappa shape index (κ2) is 6.63. The van der Waals surface area contributed by atoms with Gasteiger partial charge in [0.05, 0.1) is 5.75 Å². The highest BCUT2D eigenvalue weighted by Gasteiger charge is 2.27. The van der Waals surface area contributed by atoms with Crippen molar-refractivity contribution in [2.45, 2.75) is 50.4 Å². The van der Waals surface area contributed by atoms with Gasteiger partial charge in [0.1, 0.15) is 0 Å². The first-order valence-corrected chi connectivity index (χ1v) is 8.12. The standard InChI is InChI=1S/C14H23N3O2S/c1-4-11-8-15-14(20-9-13(18)19)17(11)12-5-6-16(3)10(2)7-12/h8,10,12H,4-7,9H2,1-3H3,(H,18,19). The Morgan fingerprint density at radius 1 is 1.60 bits per heavy atom. The highest BCUT2D eigenvalue weighted by Crippen LogP contribution is 2.32. The van der Waals surface area contributed by atoms with Crippen LogP contribution in [-0.4, -0.2) is 50.9 Å². The molecule has 0 radical (unpaired) electrons. The molecule has 0 spiro atoms. The zero-order chi connectivity index (χ0) is 14.7. The monoisotopic (exact) mass is 297 g/mol. The summed E-state index contributed by atoms with van der Waals surface area (Å²) in [5.41, 5.74) is 1.21. The lowest BCUT2D eigenvalue weighted by atomic mass is 9.98. The van der Waals surface area contributed by atoms with Crippen LogP contribution in [-0.2, 0) is 11.2 Å². The molecule has 6 heteroatoms. The molecule has 5 nitrogen and oxygen atoms in total. The van der Waals surface area contributed by atoms with Crippen molar-refractivity contribution in [2.24, 2.45) is 0 Å². The smallest absolute Gasteiger partial charge is 0.313 e. The molecule has 1 saturated heterocycles. The molecule has 1 N–H and O–H groups in total. The number of nitrogens with zero attached hydrogens (tertiary/aromatic N) is 3. The summed E-state index contributed by atoms with van der Waals surface area (Å²) in [4.78, 5) is 17.6. The molecule has 1 aliphatic heterocycles. The predicted octanol–water partition coefficient (Wildman–Crippen LogP) is 2.28. The van der Waals surface area contributed by atoms with Crippen LogP contribution in [0.1, 0.15) is 38.4 Å². The van der Waals surface area contributed by atoms with Gasteiger partial charge in [0.25, 0.3) is 0 Å². The van der Waals surface area contributed by atoms with E-state index in [0.29, 0.717) is 12.1 Å². The molecule has 112 valence electrons. The minimum atomic E-state index is -0.792. The minimum Gasteiger partial charge on any atom is -0.481 e. The van der Waals surface area contributed by atoms with E-state index in [9.17, 15) is 4.79 Å². The molecule has 0 aliphatic carbocycles. The predicted molar refractivity (Wildman–Crippen MR) is 80.3 cm³/mol. The van der Waals surface area contributed by atoms with Gasteiger partial charge in [-0.3, -0.25) is 4.79 Å². The molecule has 2 unspecified atom stereocenters. The minimum absolute atomic E-state index is 0.0718. The lowest BCUT2D eigenvalue weighted by molar-refractivity contribution is -0.133. The first-order valence-electron chi connectivity index (χ1n) is 7.13. The molecule has 1 aromatic rings. The number of hydrogen-bond donors (Lipinski definition) is 1. The normalized spacial score (nSPS) is 23.9. The molecule has 1 fully saturated rings. The molecule has 0 amide bonds. The molecule has 0 aromatic carbocycles. The number of carbonyl (C=O) groups is 1. The first kappa shape index (κ1) is 15.4. The van der Waals surface area contributed by atoms with Crippen molar-refractivity contribution >= 4 is 17.7 Å². The van der Waals surface area contributed by atoms with Crippen LogP contribution in [0.3, 0.4) is 0 Å². The van der Waals surface area contributed by atoms with Gasteiger partial charge in [-0.05, 0) is 33.2 Å². The van der Waals surface area contributed by atoms with Crippen molar-refractivity contribution in [3.63, 3.8) is 0 Å².